The van der Waals surface area contributed by atoms with Gasteiger partial charge in [0.1, 0.15) is 0 Å². The number of unbranched alkanes of at least 4 members (excludes halogenated alkanes) is 1. The van der Waals surface area contributed by atoms with Crippen molar-refractivity contribution >= 4 is 21.4 Å². The van der Waals surface area contributed by atoms with Crippen molar-refractivity contribution in [2.24, 2.45) is 0 Å². The Bertz CT molecular complexity index is 425. The van der Waals surface area contributed by atoms with E-state index in [1.807, 2.05) is 6.92 Å². The molecule has 1 rings (SSSR count). The van der Waals surface area contributed by atoms with Gasteiger partial charge in [-0.1, -0.05) is 13.3 Å². The topological polar surface area (TPSA) is 57.6 Å². The quantitative estimate of drug-likeness (QED) is 0.849. The van der Waals surface area contributed by atoms with Gasteiger partial charge in [-0.2, -0.15) is 0 Å². The summed E-state index contributed by atoms with van der Waals surface area (Å²) in [5.41, 5.74) is 0. The van der Waals surface area contributed by atoms with Gasteiger partial charge in [-0.05, 0) is 12.5 Å². The zero-order valence-electron chi connectivity index (χ0n) is 9.51. The molecule has 6 heteroatoms. The Morgan fingerprint density at radius 2 is 2.19 bits per heavy atom. The first kappa shape index (κ1) is 13.6. The smallest absolute Gasteiger partial charge is 0.243 e. The fourth-order valence-corrected chi connectivity index (χ4v) is 3.59. The molecule has 0 saturated carbocycles. The number of aliphatic hydroxyl groups excluding tert-OH is 1. The van der Waals surface area contributed by atoms with Crippen LogP contribution in [0.25, 0.3) is 0 Å². The van der Waals surface area contributed by atoms with Gasteiger partial charge >= 0.3 is 0 Å². The molecule has 1 N–H and O–H groups in total. The van der Waals surface area contributed by atoms with E-state index >= 15 is 0 Å². The number of nitrogens with zero attached hydrogens (tertiary/aromatic N) is 1. The number of rotatable bonds is 6. The van der Waals surface area contributed by atoms with Crippen molar-refractivity contribution in [1.29, 1.82) is 0 Å². The Balaban J connectivity index is 2.84. The van der Waals surface area contributed by atoms with Crippen LogP contribution in [0.2, 0.25) is 0 Å². The van der Waals surface area contributed by atoms with Crippen LogP contribution < -0.4 is 0 Å². The Kier molecular flexibility index (Phi) is 4.91. The molecule has 0 unspecified atom stereocenters. The molecule has 0 atom stereocenters. The lowest BCUT2D eigenvalue weighted by Gasteiger charge is -2.15. The van der Waals surface area contributed by atoms with Crippen molar-refractivity contribution < 1.29 is 13.5 Å². The summed E-state index contributed by atoms with van der Waals surface area (Å²) in [6.07, 6.45) is 1.82. The highest BCUT2D eigenvalue weighted by Gasteiger charge is 2.21. The van der Waals surface area contributed by atoms with Gasteiger partial charge in [0.05, 0.1) is 11.5 Å². The lowest BCUT2D eigenvalue weighted by Crippen LogP contribution is -2.27. The predicted molar refractivity (Wildman–Crippen MR) is 65.0 cm³/mol. The number of aliphatic hydroxyl groups is 1. The normalized spacial score (nSPS) is 12.2. The summed E-state index contributed by atoms with van der Waals surface area (Å²) in [4.78, 5) is 0.947. The van der Waals surface area contributed by atoms with Gasteiger partial charge in [-0.3, -0.25) is 0 Å². The molecule has 1 aromatic heterocycles. The molecule has 0 spiro atoms. The molecular weight excluding hydrogens is 246 g/mol. The molecule has 0 radical (unpaired) electrons. The summed E-state index contributed by atoms with van der Waals surface area (Å²) in [7, 11) is -1.78. The van der Waals surface area contributed by atoms with Crippen LogP contribution in [0.3, 0.4) is 0 Å². The summed E-state index contributed by atoms with van der Waals surface area (Å²) in [5.74, 6) is 0. The molecule has 0 fully saturated rings. The van der Waals surface area contributed by atoms with E-state index in [1.165, 1.54) is 21.7 Å². The third kappa shape index (κ3) is 3.04. The lowest BCUT2D eigenvalue weighted by atomic mass is 10.3. The van der Waals surface area contributed by atoms with Crippen molar-refractivity contribution in [3.63, 3.8) is 0 Å². The molecule has 0 aliphatic carbocycles. The molecule has 92 valence electrons. The highest BCUT2D eigenvalue weighted by molar-refractivity contribution is 7.89. The van der Waals surface area contributed by atoms with Crippen molar-refractivity contribution in [2.75, 3.05) is 13.6 Å². The zero-order chi connectivity index (χ0) is 12.2. The number of hydrogen-bond acceptors (Lipinski definition) is 4. The summed E-state index contributed by atoms with van der Waals surface area (Å²) in [5, 5.41) is 10.5. The maximum absolute atomic E-state index is 12.0. The molecule has 1 heterocycles. The summed E-state index contributed by atoms with van der Waals surface area (Å²) in [6.45, 7) is 2.44. The van der Waals surface area contributed by atoms with Gasteiger partial charge in [-0.25, -0.2) is 12.7 Å². The van der Waals surface area contributed by atoms with Crippen molar-refractivity contribution in [3.8, 4) is 0 Å². The predicted octanol–water partition coefficient (Wildman–Crippen LogP) is 1.66. The van der Waals surface area contributed by atoms with Crippen LogP contribution in [0.5, 0.6) is 0 Å². The first-order valence-corrected chi connectivity index (χ1v) is 7.49. The maximum atomic E-state index is 12.0. The molecule has 4 nitrogen and oxygen atoms in total. The highest BCUT2D eigenvalue weighted by atomic mass is 32.2. The molecule has 1 aromatic rings. The Morgan fingerprint density at radius 3 is 2.69 bits per heavy atom. The van der Waals surface area contributed by atoms with Crippen molar-refractivity contribution in [2.45, 2.75) is 31.3 Å². The Hall–Kier alpha value is -0.430. The van der Waals surface area contributed by atoms with Gasteiger partial charge < -0.3 is 5.11 Å². The molecule has 0 bridgehead atoms. The van der Waals surface area contributed by atoms with E-state index < -0.39 is 10.0 Å². The summed E-state index contributed by atoms with van der Waals surface area (Å²) in [6, 6.07) is 1.53. The van der Waals surface area contributed by atoms with Crippen LogP contribution >= 0.6 is 11.3 Å². The second-order valence-electron chi connectivity index (χ2n) is 3.59. The first-order chi connectivity index (χ1) is 7.52. The SMILES string of the molecule is CCCCN(C)S(=O)(=O)c1csc(CO)c1. The minimum Gasteiger partial charge on any atom is -0.391 e. The maximum Gasteiger partial charge on any atom is 0.243 e. The number of hydrogen-bond donors (Lipinski definition) is 1. The van der Waals surface area contributed by atoms with E-state index in [-0.39, 0.29) is 11.5 Å². The third-order valence-electron chi connectivity index (χ3n) is 2.32. The second-order valence-corrected chi connectivity index (χ2v) is 6.63. The summed E-state index contributed by atoms with van der Waals surface area (Å²) >= 11 is 1.26. The first-order valence-electron chi connectivity index (χ1n) is 5.17. The molecule has 16 heavy (non-hydrogen) atoms. The molecule has 0 aromatic carbocycles. The van der Waals surface area contributed by atoms with Gasteiger partial charge in [0.2, 0.25) is 10.0 Å². The molecular formula is C10H17NO3S2. The molecule has 0 aliphatic heterocycles. The third-order valence-corrected chi connectivity index (χ3v) is 5.23. The van der Waals surface area contributed by atoms with Crippen LogP contribution in [-0.2, 0) is 16.6 Å². The van der Waals surface area contributed by atoms with E-state index in [1.54, 1.807) is 12.4 Å². The van der Waals surface area contributed by atoms with Crippen molar-refractivity contribution in [1.82, 2.24) is 4.31 Å². The van der Waals surface area contributed by atoms with Crippen molar-refractivity contribution in [3.05, 3.63) is 16.3 Å². The second kappa shape index (κ2) is 5.77. The lowest BCUT2D eigenvalue weighted by molar-refractivity contribution is 0.285. The summed E-state index contributed by atoms with van der Waals surface area (Å²) < 4.78 is 25.4. The van der Waals surface area contributed by atoms with Gasteiger partial charge in [0, 0.05) is 23.8 Å². The standard InChI is InChI=1S/C10H17NO3S2/c1-3-4-5-11(2)16(13,14)10-6-9(7-12)15-8-10/h6,8,12H,3-5,7H2,1-2H3. The van der Waals surface area contributed by atoms with E-state index in [9.17, 15) is 8.42 Å². The van der Waals surface area contributed by atoms with Crippen LogP contribution in [0.4, 0.5) is 0 Å². The minimum absolute atomic E-state index is 0.112. The Morgan fingerprint density at radius 1 is 1.50 bits per heavy atom. The largest absolute Gasteiger partial charge is 0.391 e. The van der Waals surface area contributed by atoms with Crippen LogP contribution in [0.15, 0.2) is 16.3 Å². The monoisotopic (exact) mass is 263 g/mol. The molecule has 0 amide bonds. The van der Waals surface area contributed by atoms with Gasteiger partial charge in [-0.15, -0.1) is 11.3 Å². The van der Waals surface area contributed by atoms with E-state index in [0.717, 1.165) is 12.8 Å². The highest BCUT2D eigenvalue weighted by Crippen LogP contribution is 2.22. The minimum atomic E-state index is -3.37. The average molecular weight is 263 g/mol. The number of sulfonamides is 1. The fraction of sp³-hybridized carbons (Fsp3) is 0.600. The molecule has 0 aliphatic rings. The van der Waals surface area contributed by atoms with Gasteiger partial charge in [0.25, 0.3) is 0 Å². The van der Waals surface area contributed by atoms with Crippen LogP contribution in [0, 0.1) is 0 Å². The Labute approximate surface area is 101 Å². The molecule has 0 saturated heterocycles. The van der Waals surface area contributed by atoms with Crippen LogP contribution in [-0.4, -0.2) is 31.4 Å². The van der Waals surface area contributed by atoms with E-state index in [4.69, 9.17) is 5.11 Å². The van der Waals surface area contributed by atoms with E-state index in [0.29, 0.717) is 11.4 Å². The van der Waals surface area contributed by atoms with Crippen LogP contribution in [0.1, 0.15) is 24.6 Å². The van der Waals surface area contributed by atoms with E-state index in [2.05, 4.69) is 0 Å². The average Bonchev–Trinajstić information content (AvgIpc) is 2.74. The number of thiophene rings is 1. The van der Waals surface area contributed by atoms with Gasteiger partial charge in [0.15, 0.2) is 0 Å². The fourth-order valence-electron chi connectivity index (χ4n) is 1.26. The zero-order valence-corrected chi connectivity index (χ0v) is 11.1.